The largest absolute Gasteiger partial charge is 0.462 e. The molecule has 0 aliphatic carbocycles. The SMILES string of the molecule is CCOC(=O)c1c(-c2ccc(C)cc2)csc1NC(=O)CCN1C[C@H](C)O[C@@H](C)C1. The summed E-state index contributed by atoms with van der Waals surface area (Å²) in [4.78, 5) is 27.5. The highest BCUT2D eigenvalue weighted by Gasteiger charge is 2.25. The summed E-state index contributed by atoms with van der Waals surface area (Å²) in [5.41, 5.74) is 3.28. The second-order valence-corrected chi connectivity index (χ2v) is 8.63. The molecule has 1 fully saturated rings. The van der Waals surface area contributed by atoms with Crippen molar-refractivity contribution in [3.05, 3.63) is 40.8 Å². The van der Waals surface area contributed by atoms with Crippen LogP contribution in [-0.2, 0) is 14.3 Å². The molecule has 0 bridgehead atoms. The van der Waals surface area contributed by atoms with Crippen molar-refractivity contribution < 1.29 is 19.1 Å². The van der Waals surface area contributed by atoms with Crippen LogP contribution in [0.5, 0.6) is 0 Å². The Hall–Kier alpha value is -2.22. The lowest BCUT2D eigenvalue weighted by molar-refractivity contribution is -0.117. The lowest BCUT2D eigenvalue weighted by Crippen LogP contribution is -2.46. The van der Waals surface area contributed by atoms with Gasteiger partial charge in [0.25, 0.3) is 0 Å². The molecule has 162 valence electrons. The van der Waals surface area contributed by atoms with Crippen molar-refractivity contribution in [2.75, 3.05) is 31.6 Å². The third-order valence-corrected chi connectivity index (χ3v) is 5.93. The maximum absolute atomic E-state index is 12.7. The van der Waals surface area contributed by atoms with Crippen molar-refractivity contribution in [2.24, 2.45) is 0 Å². The molecule has 7 heteroatoms. The molecule has 0 saturated carbocycles. The number of ether oxygens (including phenoxy) is 2. The van der Waals surface area contributed by atoms with E-state index in [-0.39, 0.29) is 24.7 Å². The molecule has 2 aromatic rings. The molecule has 6 nitrogen and oxygen atoms in total. The Kier molecular flexibility index (Phi) is 7.64. The lowest BCUT2D eigenvalue weighted by Gasteiger charge is -2.35. The third-order valence-electron chi connectivity index (χ3n) is 5.04. The number of carbonyl (C=O) groups is 2. The van der Waals surface area contributed by atoms with Crippen LogP contribution in [0.4, 0.5) is 5.00 Å². The van der Waals surface area contributed by atoms with Crippen LogP contribution >= 0.6 is 11.3 Å². The number of benzene rings is 1. The molecule has 2 atom stereocenters. The number of rotatable bonds is 7. The first-order chi connectivity index (χ1) is 14.4. The number of carbonyl (C=O) groups excluding carboxylic acids is 2. The summed E-state index contributed by atoms with van der Waals surface area (Å²) in [7, 11) is 0. The van der Waals surface area contributed by atoms with Crippen molar-refractivity contribution in [3.8, 4) is 11.1 Å². The summed E-state index contributed by atoms with van der Waals surface area (Å²) in [6.45, 7) is 10.5. The van der Waals surface area contributed by atoms with E-state index in [2.05, 4.69) is 10.2 Å². The number of amides is 1. The molecule has 0 radical (unpaired) electrons. The number of hydrogen-bond acceptors (Lipinski definition) is 6. The number of thiophene rings is 1. The summed E-state index contributed by atoms with van der Waals surface area (Å²) in [6, 6.07) is 7.97. The molecule has 30 heavy (non-hydrogen) atoms. The van der Waals surface area contributed by atoms with Gasteiger partial charge in [-0.1, -0.05) is 29.8 Å². The van der Waals surface area contributed by atoms with Crippen LogP contribution in [0.15, 0.2) is 29.6 Å². The van der Waals surface area contributed by atoms with Crippen molar-refractivity contribution in [2.45, 2.75) is 46.3 Å². The molecule has 1 aliphatic rings. The van der Waals surface area contributed by atoms with Crippen molar-refractivity contribution in [3.63, 3.8) is 0 Å². The fourth-order valence-corrected chi connectivity index (χ4v) is 4.69. The molecule has 1 aromatic carbocycles. The Morgan fingerprint density at radius 2 is 1.87 bits per heavy atom. The lowest BCUT2D eigenvalue weighted by atomic mass is 10.0. The number of aryl methyl sites for hydroxylation is 1. The highest BCUT2D eigenvalue weighted by Crippen LogP contribution is 2.36. The predicted octanol–water partition coefficient (Wildman–Crippen LogP) is 4.34. The Morgan fingerprint density at radius 3 is 2.50 bits per heavy atom. The summed E-state index contributed by atoms with van der Waals surface area (Å²) >= 11 is 1.35. The quantitative estimate of drug-likeness (QED) is 0.662. The van der Waals surface area contributed by atoms with Gasteiger partial charge < -0.3 is 14.8 Å². The van der Waals surface area contributed by atoms with Crippen LogP contribution in [-0.4, -0.2) is 55.2 Å². The zero-order valence-electron chi connectivity index (χ0n) is 18.1. The van der Waals surface area contributed by atoms with E-state index < -0.39 is 5.97 Å². The van der Waals surface area contributed by atoms with Crippen molar-refractivity contribution >= 4 is 28.2 Å². The summed E-state index contributed by atoms with van der Waals surface area (Å²) in [6.07, 6.45) is 0.697. The molecular weight excluding hydrogens is 400 g/mol. The monoisotopic (exact) mass is 430 g/mol. The average molecular weight is 431 g/mol. The van der Waals surface area contributed by atoms with E-state index >= 15 is 0 Å². The summed E-state index contributed by atoms with van der Waals surface area (Å²) in [5, 5.41) is 5.37. The molecule has 3 rings (SSSR count). The van der Waals surface area contributed by atoms with Gasteiger partial charge in [0.15, 0.2) is 0 Å². The fourth-order valence-electron chi connectivity index (χ4n) is 3.72. The molecule has 1 aliphatic heterocycles. The van der Waals surface area contributed by atoms with Crippen molar-refractivity contribution in [1.29, 1.82) is 0 Å². The maximum atomic E-state index is 12.7. The molecule has 1 saturated heterocycles. The molecule has 0 spiro atoms. The first-order valence-electron chi connectivity index (χ1n) is 10.4. The van der Waals surface area contributed by atoms with E-state index in [4.69, 9.17) is 9.47 Å². The molecular formula is C23H30N2O4S. The van der Waals surface area contributed by atoms with Gasteiger partial charge in [-0.3, -0.25) is 9.69 Å². The Morgan fingerprint density at radius 1 is 1.20 bits per heavy atom. The maximum Gasteiger partial charge on any atom is 0.341 e. The third kappa shape index (κ3) is 5.68. The van der Waals surface area contributed by atoms with Gasteiger partial charge in [-0.05, 0) is 33.3 Å². The van der Waals surface area contributed by atoms with Gasteiger partial charge in [-0.15, -0.1) is 11.3 Å². The topological polar surface area (TPSA) is 67.9 Å². The molecule has 1 N–H and O–H groups in total. The highest BCUT2D eigenvalue weighted by atomic mass is 32.1. The van der Waals surface area contributed by atoms with E-state index in [1.54, 1.807) is 6.92 Å². The van der Waals surface area contributed by atoms with E-state index in [1.165, 1.54) is 11.3 Å². The van der Waals surface area contributed by atoms with Crippen LogP contribution in [0.3, 0.4) is 0 Å². The second-order valence-electron chi connectivity index (χ2n) is 7.76. The zero-order chi connectivity index (χ0) is 21.7. The smallest absolute Gasteiger partial charge is 0.341 e. The van der Waals surface area contributed by atoms with Gasteiger partial charge in [0.05, 0.1) is 18.8 Å². The van der Waals surface area contributed by atoms with Crippen LogP contribution in [0, 0.1) is 6.92 Å². The Bertz CT molecular complexity index is 868. The molecule has 2 heterocycles. The predicted molar refractivity (Wildman–Crippen MR) is 120 cm³/mol. The number of hydrogen-bond donors (Lipinski definition) is 1. The number of anilines is 1. The van der Waals surface area contributed by atoms with Gasteiger partial charge in [0.2, 0.25) is 5.91 Å². The average Bonchev–Trinajstić information content (AvgIpc) is 3.10. The summed E-state index contributed by atoms with van der Waals surface area (Å²) in [5.74, 6) is -0.523. The van der Waals surface area contributed by atoms with Gasteiger partial charge in [0.1, 0.15) is 10.6 Å². The van der Waals surface area contributed by atoms with E-state index in [0.29, 0.717) is 23.5 Å². The normalized spacial score (nSPS) is 19.5. The molecule has 1 aromatic heterocycles. The van der Waals surface area contributed by atoms with Crippen LogP contribution < -0.4 is 5.32 Å². The van der Waals surface area contributed by atoms with E-state index in [1.807, 2.05) is 50.4 Å². The minimum absolute atomic E-state index is 0.107. The Labute approximate surface area is 182 Å². The fraction of sp³-hybridized carbons (Fsp3) is 0.478. The first kappa shape index (κ1) is 22.5. The molecule has 1 amide bonds. The van der Waals surface area contributed by atoms with Gasteiger partial charge in [-0.2, -0.15) is 0 Å². The van der Waals surface area contributed by atoms with E-state index in [9.17, 15) is 9.59 Å². The highest BCUT2D eigenvalue weighted by molar-refractivity contribution is 7.15. The minimum Gasteiger partial charge on any atom is -0.462 e. The number of esters is 1. The summed E-state index contributed by atoms with van der Waals surface area (Å²) < 4.78 is 11.0. The second kappa shape index (κ2) is 10.2. The van der Waals surface area contributed by atoms with Gasteiger partial charge in [0, 0.05) is 37.0 Å². The van der Waals surface area contributed by atoms with Gasteiger partial charge in [-0.25, -0.2) is 4.79 Å². The van der Waals surface area contributed by atoms with Crippen molar-refractivity contribution in [1.82, 2.24) is 4.90 Å². The van der Waals surface area contributed by atoms with Crippen LogP contribution in [0.25, 0.3) is 11.1 Å². The van der Waals surface area contributed by atoms with Crippen LogP contribution in [0.1, 0.15) is 43.1 Å². The van der Waals surface area contributed by atoms with Gasteiger partial charge >= 0.3 is 5.97 Å². The number of morpholine rings is 1. The number of nitrogens with one attached hydrogen (secondary N) is 1. The first-order valence-corrected chi connectivity index (χ1v) is 11.3. The minimum atomic E-state index is -0.416. The zero-order valence-corrected chi connectivity index (χ0v) is 18.9. The standard InChI is InChI=1S/C23H30N2O4S/c1-5-28-23(27)21-19(18-8-6-15(2)7-9-18)14-30-22(21)24-20(26)10-11-25-12-16(3)29-17(4)13-25/h6-9,14,16-17H,5,10-13H2,1-4H3,(H,24,26)/t16-,17-/m0/s1. The Balaban J connectivity index is 1.72. The number of nitrogens with zero attached hydrogens (tertiary/aromatic N) is 1. The van der Waals surface area contributed by atoms with E-state index in [0.717, 1.165) is 29.8 Å². The molecule has 0 unspecified atom stereocenters. The van der Waals surface area contributed by atoms with Crippen LogP contribution in [0.2, 0.25) is 0 Å².